The standard InChI is InChI=1S/C18H34ClNO3S.C13H21N3O5S.C2H2/c1-4-14-20(18(3)13-12-17(2)19)15-10-8-6-5-7-9-11-16-24(21,22)23;17-16(18)13-4-2-12(3-5-13)15-9-7-14(8-10-15)6-1-11-22(19,20)21;1-2/h12-13H,4-11,14-16H2,1-3H3,(H,21,22,23);2,4H,1,3,5-11H2,(H,19,20,21);1-2H/b17-12+,18-13+;;. The molecule has 15 heteroatoms. The molecule has 2 aliphatic rings. The zero-order chi connectivity index (χ0) is 36.6. The van der Waals surface area contributed by atoms with E-state index in [1.54, 1.807) is 6.08 Å². The van der Waals surface area contributed by atoms with E-state index in [9.17, 15) is 26.9 Å². The molecule has 0 aromatic rings. The van der Waals surface area contributed by atoms with Crippen molar-refractivity contribution in [3.63, 3.8) is 0 Å². The molecule has 1 saturated heterocycles. The Morgan fingerprint density at radius 1 is 0.875 bits per heavy atom. The summed E-state index contributed by atoms with van der Waals surface area (Å²) in [7, 11) is -7.65. The molecule has 276 valence electrons. The maximum Gasteiger partial charge on any atom is 0.264 e. The summed E-state index contributed by atoms with van der Waals surface area (Å²) in [6, 6.07) is 0. The number of rotatable bonds is 20. The number of terminal acetylenes is 1. The van der Waals surface area contributed by atoms with Crippen molar-refractivity contribution in [2.45, 2.75) is 91.4 Å². The molecule has 0 bridgehead atoms. The second-order valence-electron chi connectivity index (χ2n) is 11.9. The number of nitrogens with zero attached hydrogens (tertiary/aromatic N) is 4. The predicted molar refractivity (Wildman–Crippen MR) is 195 cm³/mol. The zero-order valence-electron chi connectivity index (χ0n) is 28.9. The molecule has 1 fully saturated rings. The van der Waals surface area contributed by atoms with Crippen LogP contribution in [0.25, 0.3) is 0 Å². The summed E-state index contributed by atoms with van der Waals surface area (Å²) in [5.74, 6) is -0.312. The number of unbranched alkanes of at least 4 members (excludes halogenated alkanes) is 6. The molecule has 0 unspecified atom stereocenters. The quantitative estimate of drug-likeness (QED) is 0.0359. The third-order valence-electron chi connectivity index (χ3n) is 7.87. The first kappa shape index (κ1) is 45.6. The van der Waals surface area contributed by atoms with Gasteiger partial charge in [-0.2, -0.15) is 16.8 Å². The molecule has 0 aromatic heterocycles. The molecular weight excluding hydrogens is 680 g/mol. The summed E-state index contributed by atoms with van der Waals surface area (Å²) in [4.78, 5) is 17.1. The van der Waals surface area contributed by atoms with E-state index in [2.05, 4.69) is 47.5 Å². The highest BCUT2D eigenvalue weighted by molar-refractivity contribution is 7.86. The lowest BCUT2D eigenvalue weighted by Gasteiger charge is -2.37. The van der Waals surface area contributed by atoms with Gasteiger partial charge in [0, 0.05) is 68.2 Å². The smallest absolute Gasteiger partial charge is 0.264 e. The van der Waals surface area contributed by atoms with E-state index in [-0.39, 0.29) is 22.1 Å². The van der Waals surface area contributed by atoms with E-state index < -0.39 is 20.2 Å². The Morgan fingerprint density at radius 3 is 1.90 bits per heavy atom. The normalized spacial score (nSPS) is 16.1. The molecule has 1 heterocycles. The van der Waals surface area contributed by atoms with Gasteiger partial charge in [-0.1, -0.05) is 50.6 Å². The van der Waals surface area contributed by atoms with Crippen LogP contribution in [-0.2, 0) is 20.2 Å². The van der Waals surface area contributed by atoms with Crippen LogP contribution in [0.2, 0.25) is 0 Å². The monoisotopic (exact) mass is 736 g/mol. The molecule has 48 heavy (non-hydrogen) atoms. The first-order chi connectivity index (χ1) is 22.6. The Hall–Kier alpha value is -2.41. The number of allylic oxidation sites excluding steroid dienone is 8. The van der Waals surface area contributed by atoms with Crippen LogP contribution in [0.1, 0.15) is 91.4 Å². The third-order valence-corrected chi connectivity index (χ3v) is 9.61. The van der Waals surface area contributed by atoms with Crippen LogP contribution in [0, 0.1) is 23.0 Å². The van der Waals surface area contributed by atoms with Crippen molar-refractivity contribution in [2.24, 2.45) is 0 Å². The number of nitro groups is 1. The lowest BCUT2D eigenvalue weighted by molar-refractivity contribution is -0.428. The summed E-state index contributed by atoms with van der Waals surface area (Å²) in [5.41, 5.74) is 2.64. The van der Waals surface area contributed by atoms with Crippen LogP contribution >= 0.6 is 11.6 Å². The highest BCUT2D eigenvalue weighted by atomic mass is 35.5. The van der Waals surface area contributed by atoms with Gasteiger partial charge in [-0.05, 0) is 70.7 Å². The van der Waals surface area contributed by atoms with Gasteiger partial charge in [0.15, 0.2) is 0 Å². The molecule has 0 radical (unpaired) electrons. The lowest BCUT2D eigenvalue weighted by Crippen LogP contribution is -2.46. The van der Waals surface area contributed by atoms with Crippen molar-refractivity contribution in [1.29, 1.82) is 0 Å². The van der Waals surface area contributed by atoms with Gasteiger partial charge < -0.3 is 9.80 Å². The van der Waals surface area contributed by atoms with Gasteiger partial charge in [0.25, 0.3) is 20.2 Å². The Kier molecular flexibility index (Phi) is 24.3. The summed E-state index contributed by atoms with van der Waals surface area (Å²) in [5, 5.41) is 11.5. The van der Waals surface area contributed by atoms with Gasteiger partial charge >= 0.3 is 0 Å². The van der Waals surface area contributed by atoms with E-state index in [1.807, 2.05) is 19.1 Å². The summed E-state index contributed by atoms with van der Waals surface area (Å²) < 4.78 is 59.9. The fraction of sp³-hybridized carbons (Fsp3) is 0.697. The van der Waals surface area contributed by atoms with Crippen molar-refractivity contribution in [3.8, 4) is 12.8 Å². The molecule has 0 spiro atoms. The summed E-state index contributed by atoms with van der Waals surface area (Å²) >= 11 is 5.88. The third kappa shape index (κ3) is 23.8. The lowest BCUT2D eigenvalue weighted by atomic mass is 10.1. The summed E-state index contributed by atoms with van der Waals surface area (Å²) in [6.45, 7) is 12.3. The van der Waals surface area contributed by atoms with Crippen molar-refractivity contribution < 1.29 is 30.9 Å². The van der Waals surface area contributed by atoms with Crippen LogP contribution in [-0.4, -0.2) is 103 Å². The van der Waals surface area contributed by atoms with Gasteiger partial charge in [0.2, 0.25) is 5.70 Å². The van der Waals surface area contributed by atoms with E-state index in [0.717, 1.165) is 75.7 Å². The topological polar surface area (TPSA) is 162 Å². The molecule has 0 atom stereocenters. The molecule has 0 saturated carbocycles. The molecule has 2 rings (SSSR count). The second-order valence-corrected chi connectivity index (χ2v) is 15.6. The van der Waals surface area contributed by atoms with Crippen LogP contribution in [0.3, 0.4) is 0 Å². The van der Waals surface area contributed by atoms with Crippen molar-refractivity contribution >= 4 is 31.8 Å². The maximum absolute atomic E-state index is 10.7. The highest BCUT2D eigenvalue weighted by Gasteiger charge is 2.22. The Balaban J connectivity index is 0.000000876. The molecule has 0 amide bonds. The van der Waals surface area contributed by atoms with E-state index in [1.165, 1.54) is 25.0 Å². The van der Waals surface area contributed by atoms with Crippen LogP contribution in [0.15, 0.2) is 46.4 Å². The van der Waals surface area contributed by atoms with Crippen LogP contribution < -0.4 is 0 Å². The number of hydrogen-bond donors (Lipinski definition) is 2. The average molecular weight is 737 g/mol. The van der Waals surface area contributed by atoms with E-state index >= 15 is 0 Å². The maximum atomic E-state index is 10.7. The number of piperazine rings is 1. The minimum Gasteiger partial charge on any atom is -0.375 e. The second kappa shape index (κ2) is 25.5. The van der Waals surface area contributed by atoms with Gasteiger partial charge in [-0.15, -0.1) is 12.8 Å². The first-order valence-electron chi connectivity index (χ1n) is 16.6. The minimum absolute atomic E-state index is 0.110. The molecular formula is C33H57ClN4O8S2. The summed E-state index contributed by atoms with van der Waals surface area (Å²) in [6.07, 6.45) is 25.3. The fourth-order valence-corrected chi connectivity index (χ4v) is 6.43. The molecule has 12 nitrogen and oxygen atoms in total. The molecule has 1 aliphatic carbocycles. The fourth-order valence-electron chi connectivity index (χ4n) is 5.31. The van der Waals surface area contributed by atoms with Crippen LogP contribution in [0.5, 0.6) is 0 Å². The molecule has 0 aromatic carbocycles. The largest absolute Gasteiger partial charge is 0.375 e. The molecule has 1 aliphatic heterocycles. The minimum atomic E-state index is -3.87. The van der Waals surface area contributed by atoms with Crippen molar-refractivity contribution in [3.05, 3.63) is 56.5 Å². The van der Waals surface area contributed by atoms with Gasteiger partial charge in [-0.3, -0.25) is 24.1 Å². The van der Waals surface area contributed by atoms with Gasteiger partial charge in [0.1, 0.15) is 0 Å². The van der Waals surface area contributed by atoms with E-state index in [4.69, 9.17) is 20.7 Å². The Bertz CT molecular complexity index is 1300. The van der Waals surface area contributed by atoms with Crippen LogP contribution in [0.4, 0.5) is 0 Å². The van der Waals surface area contributed by atoms with E-state index in [0.29, 0.717) is 32.2 Å². The molecule has 2 N–H and O–H groups in total. The zero-order valence-corrected chi connectivity index (χ0v) is 31.3. The van der Waals surface area contributed by atoms with Crippen molar-refractivity contribution in [1.82, 2.24) is 14.7 Å². The average Bonchev–Trinajstić information content (AvgIpc) is 3.03. The Labute approximate surface area is 294 Å². The van der Waals surface area contributed by atoms with Crippen molar-refractivity contribution in [2.75, 3.05) is 57.3 Å². The number of hydrogen-bond acceptors (Lipinski definition) is 9. The SMILES string of the molecule is C#C.CCCN(CCCCCCCCCS(=O)(=O)O)/C(C)=C/C=C(\C)Cl.O=[N+]([O-])C1=CC=C(N2CCN(CCCS(=O)(=O)O)CC2)CC1. The van der Waals surface area contributed by atoms with Gasteiger partial charge in [0.05, 0.1) is 16.4 Å². The number of halogens is 1. The Morgan fingerprint density at radius 2 is 1.42 bits per heavy atom. The predicted octanol–water partition coefficient (Wildman–Crippen LogP) is 6.33. The first-order valence-corrected chi connectivity index (χ1v) is 20.2. The highest BCUT2D eigenvalue weighted by Crippen LogP contribution is 2.23. The van der Waals surface area contributed by atoms with Gasteiger partial charge in [-0.25, -0.2) is 0 Å².